The van der Waals surface area contributed by atoms with Crippen molar-refractivity contribution >= 4 is 11.8 Å². The van der Waals surface area contributed by atoms with Crippen molar-refractivity contribution in [2.75, 3.05) is 7.11 Å². The average molecular weight is 347 g/mol. The van der Waals surface area contributed by atoms with Gasteiger partial charge in [0.1, 0.15) is 12.3 Å². The molecule has 0 unspecified atom stereocenters. The third-order valence-electron chi connectivity index (χ3n) is 3.76. The Morgan fingerprint density at radius 3 is 2.19 bits per heavy atom. The fraction of sp³-hybridized carbons (Fsp3) is 0.0952. The average Bonchev–Trinajstić information content (AvgIpc) is 2.72. The Balaban J connectivity index is 1.91. The van der Waals surface area contributed by atoms with E-state index in [4.69, 9.17) is 9.47 Å². The highest BCUT2D eigenvalue weighted by Gasteiger charge is 2.21. The number of benzene rings is 2. The molecule has 0 bridgehead atoms. The van der Waals surface area contributed by atoms with Gasteiger partial charge in [0.2, 0.25) is 11.7 Å². The number of methoxy groups -OCH3 is 1. The number of ketones is 1. The summed E-state index contributed by atoms with van der Waals surface area (Å²) in [6, 6.07) is 21.3. The number of pyridine rings is 1. The van der Waals surface area contributed by atoms with Crippen molar-refractivity contribution in [3.8, 4) is 5.88 Å². The first-order valence-corrected chi connectivity index (χ1v) is 8.05. The number of nitrogens with zero attached hydrogens (tertiary/aromatic N) is 1. The lowest BCUT2D eigenvalue weighted by atomic mass is 10.0. The second-order valence-corrected chi connectivity index (χ2v) is 5.51. The molecule has 26 heavy (non-hydrogen) atoms. The van der Waals surface area contributed by atoms with Gasteiger partial charge in [0.25, 0.3) is 0 Å². The van der Waals surface area contributed by atoms with Gasteiger partial charge in [-0.05, 0) is 11.6 Å². The number of carbonyl (C=O) groups excluding carboxylic acids is 2. The summed E-state index contributed by atoms with van der Waals surface area (Å²) in [6.45, 7) is 0.310. The van der Waals surface area contributed by atoms with E-state index in [0.717, 1.165) is 5.56 Å². The molecule has 0 aliphatic carbocycles. The molecule has 5 nitrogen and oxygen atoms in total. The molecule has 0 saturated heterocycles. The van der Waals surface area contributed by atoms with Gasteiger partial charge in [-0.3, -0.25) is 4.79 Å². The Morgan fingerprint density at radius 2 is 1.54 bits per heavy atom. The molecule has 1 aromatic heterocycles. The van der Waals surface area contributed by atoms with Crippen molar-refractivity contribution in [2.24, 2.45) is 0 Å². The van der Waals surface area contributed by atoms with E-state index in [1.165, 1.54) is 13.2 Å². The van der Waals surface area contributed by atoms with Crippen molar-refractivity contribution < 1.29 is 19.1 Å². The SMILES string of the molecule is COC(=O)c1ccc(OCc2ccccc2)nc1C(=O)c1ccccc1. The first-order valence-electron chi connectivity index (χ1n) is 8.05. The largest absolute Gasteiger partial charge is 0.473 e. The van der Waals surface area contributed by atoms with Crippen molar-refractivity contribution in [1.82, 2.24) is 4.98 Å². The van der Waals surface area contributed by atoms with Gasteiger partial charge in [-0.2, -0.15) is 0 Å². The molecule has 2 aromatic carbocycles. The van der Waals surface area contributed by atoms with Crippen LogP contribution in [-0.4, -0.2) is 23.8 Å². The zero-order valence-corrected chi connectivity index (χ0v) is 14.2. The number of aromatic nitrogens is 1. The fourth-order valence-corrected chi connectivity index (χ4v) is 2.43. The highest BCUT2D eigenvalue weighted by atomic mass is 16.5. The lowest BCUT2D eigenvalue weighted by Gasteiger charge is -2.10. The molecule has 5 heteroatoms. The van der Waals surface area contributed by atoms with Crippen molar-refractivity contribution in [3.63, 3.8) is 0 Å². The van der Waals surface area contributed by atoms with Crippen LogP contribution in [0.1, 0.15) is 32.0 Å². The third-order valence-corrected chi connectivity index (χ3v) is 3.76. The molecular weight excluding hydrogens is 330 g/mol. The van der Waals surface area contributed by atoms with E-state index in [0.29, 0.717) is 12.2 Å². The number of ether oxygens (including phenoxy) is 2. The molecule has 0 spiro atoms. The quantitative estimate of drug-likeness (QED) is 0.503. The van der Waals surface area contributed by atoms with Crippen LogP contribution in [-0.2, 0) is 11.3 Å². The number of rotatable bonds is 6. The zero-order valence-electron chi connectivity index (χ0n) is 14.2. The highest BCUT2D eigenvalue weighted by molar-refractivity contribution is 6.13. The smallest absolute Gasteiger partial charge is 0.340 e. The molecular formula is C21H17NO4. The number of esters is 1. The van der Waals surface area contributed by atoms with Crippen LogP contribution in [0.2, 0.25) is 0 Å². The van der Waals surface area contributed by atoms with Crippen LogP contribution in [0.25, 0.3) is 0 Å². The fourth-order valence-electron chi connectivity index (χ4n) is 2.43. The lowest BCUT2D eigenvalue weighted by Crippen LogP contribution is -2.14. The summed E-state index contributed by atoms with van der Waals surface area (Å²) in [5.74, 6) is -0.719. The number of carbonyl (C=O) groups is 2. The van der Waals surface area contributed by atoms with Crippen LogP contribution in [0.4, 0.5) is 0 Å². The van der Waals surface area contributed by atoms with Crippen molar-refractivity contribution in [1.29, 1.82) is 0 Å². The van der Waals surface area contributed by atoms with Crippen LogP contribution in [0, 0.1) is 0 Å². The van der Waals surface area contributed by atoms with Gasteiger partial charge in [-0.15, -0.1) is 0 Å². The zero-order chi connectivity index (χ0) is 18.4. The van der Waals surface area contributed by atoms with E-state index in [2.05, 4.69) is 4.98 Å². The molecule has 0 saturated carbocycles. The van der Waals surface area contributed by atoms with E-state index in [9.17, 15) is 9.59 Å². The number of hydrogen-bond donors (Lipinski definition) is 0. The van der Waals surface area contributed by atoms with E-state index >= 15 is 0 Å². The normalized spacial score (nSPS) is 10.2. The maximum absolute atomic E-state index is 12.8. The summed E-state index contributed by atoms with van der Waals surface area (Å²) in [5.41, 5.74) is 1.52. The van der Waals surface area contributed by atoms with Gasteiger partial charge in [0.15, 0.2) is 0 Å². The molecule has 0 amide bonds. The van der Waals surface area contributed by atoms with E-state index < -0.39 is 5.97 Å². The summed E-state index contributed by atoms with van der Waals surface area (Å²) in [4.78, 5) is 29.1. The number of hydrogen-bond acceptors (Lipinski definition) is 5. The molecule has 0 aliphatic rings. The maximum Gasteiger partial charge on any atom is 0.340 e. The Labute approximate surface area is 151 Å². The summed E-state index contributed by atoms with van der Waals surface area (Å²) >= 11 is 0. The molecule has 0 N–H and O–H groups in total. The third kappa shape index (κ3) is 3.95. The van der Waals surface area contributed by atoms with E-state index in [1.807, 2.05) is 36.4 Å². The second kappa shape index (κ2) is 8.07. The van der Waals surface area contributed by atoms with Gasteiger partial charge in [0.05, 0.1) is 12.7 Å². The summed E-state index contributed by atoms with van der Waals surface area (Å²) in [6.07, 6.45) is 0. The van der Waals surface area contributed by atoms with Gasteiger partial charge >= 0.3 is 5.97 Å². The van der Waals surface area contributed by atoms with E-state index in [1.54, 1.807) is 30.3 Å². The minimum Gasteiger partial charge on any atom is -0.473 e. The molecule has 0 radical (unpaired) electrons. The molecule has 0 atom stereocenters. The van der Waals surface area contributed by atoms with E-state index in [-0.39, 0.29) is 22.9 Å². The van der Waals surface area contributed by atoms with Gasteiger partial charge in [-0.25, -0.2) is 9.78 Å². The highest BCUT2D eigenvalue weighted by Crippen LogP contribution is 2.19. The first kappa shape index (κ1) is 17.4. The Morgan fingerprint density at radius 1 is 0.885 bits per heavy atom. The monoisotopic (exact) mass is 347 g/mol. The predicted molar refractivity (Wildman–Crippen MR) is 96.2 cm³/mol. The molecule has 1 heterocycles. The second-order valence-electron chi connectivity index (χ2n) is 5.51. The maximum atomic E-state index is 12.8. The Hall–Kier alpha value is -3.47. The van der Waals surface area contributed by atoms with Crippen LogP contribution >= 0.6 is 0 Å². The minimum absolute atomic E-state index is 0.00797. The molecule has 0 aliphatic heterocycles. The summed E-state index contributed by atoms with van der Waals surface area (Å²) < 4.78 is 10.4. The lowest BCUT2D eigenvalue weighted by molar-refractivity contribution is 0.0596. The molecule has 3 aromatic rings. The molecule has 0 fully saturated rings. The minimum atomic E-state index is -0.619. The predicted octanol–water partition coefficient (Wildman–Crippen LogP) is 3.68. The summed E-state index contributed by atoms with van der Waals surface area (Å²) in [5, 5.41) is 0. The van der Waals surface area contributed by atoms with Gasteiger partial charge in [-0.1, -0.05) is 60.7 Å². The molecule has 130 valence electrons. The van der Waals surface area contributed by atoms with Crippen molar-refractivity contribution in [2.45, 2.75) is 6.61 Å². The summed E-state index contributed by atoms with van der Waals surface area (Å²) in [7, 11) is 1.26. The molecule has 3 rings (SSSR count). The van der Waals surface area contributed by atoms with Gasteiger partial charge in [0, 0.05) is 11.6 Å². The Bertz CT molecular complexity index is 908. The van der Waals surface area contributed by atoms with Crippen LogP contribution in [0.15, 0.2) is 72.8 Å². The topological polar surface area (TPSA) is 65.5 Å². The van der Waals surface area contributed by atoms with Gasteiger partial charge < -0.3 is 9.47 Å². The van der Waals surface area contributed by atoms with Crippen LogP contribution < -0.4 is 4.74 Å². The van der Waals surface area contributed by atoms with Crippen LogP contribution in [0.5, 0.6) is 5.88 Å². The first-order chi connectivity index (χ1) is 12.7. The van der Waals surface area contributed by atoms with Crippen molar-refractivity contribution in [3.05, 3.63) is 95.2 Å². The van der Waals surface area contributed by atoms with Crippen LogP contribution in [0.3, 0.4) is 0 Å². The standard InChI is InChI=1S/C21H17NO4/c1-25-21(24)17-12-13-18(26-14-15-8-4-2-5-9-15)22-19(17)20(23)16-10-6-3-7-11-16/h2-13H,14H2,1H3. The Kier molecular flexibility index (Phi) is 5.39.